The predicted octanol–water partition coefficient (Wildman–Crippen LogP) is 4.54. The first-order chi connectivity index (χ1) is 9.95. The first-order valence-electron chi connectivity index (χ1n) is 6.10. The molecule has 2 aromatic rings. The summed E-state index contributed by atoms with van der Waals surface area (Å²) in [6.07, 6.45) is 0. The Morgan fingerprint density at radius 3 is 2.48 bits per heavy atom. The Morgan fingerprint density at radius 2 is 1.86 bits per heavy atom. The average molecular weight is 384 g/mol. The van der Waals surface area contributed by atoms with Gasteiger partial charge >= 0.3 is 0 Å². The standard InChI is InChI=1S/C15H12BrClN2OS/c1-9-8-12(6-7-13(9)16)18-15(21)19-14(20)10-2-4-11(17)5-3-10/h2-8H,1H3,(H2,18,19,20,21). The molecule has 0 radical (unpaired) electrons. The van der Waals surface area contributed by atoms with Gasteiger partial charge in [0.25, 0.3) is 5.91 Å². The van der Waals surface area contributed by atoms with Gasteiger partial charge in [0, 0.05) is 20.7 Å². The Bertz CT molecular complexity index is 689. The Hall–Kier alpha value is -1.43. The monoisotopic (exact) mass is 382 g/mol. The number of nitrogens with one attached hydrogen (secondary N) is 2. The first kappa shape index (κ1) is 15.9. The highest BCUT2D eigenvalue weighted by Crippen LogP contribution is 2.19. The summed E-state index contributed by atoms with van der Waals surface area (Å²) in [4.78, 5) is 12.0. The highest BCUT2D eigenvalue weighted by atomic mass is 79.9. The number of benzene rings is 2. The average Bonchev–Trinajstić information content (AvgIpc) is 2.43. The van der Waals surface area contributed by atoms with Crippen LogP contribution in [0.3, 0.4) is 0 Å². The summed E-state index contributed by atoms with van der Waals surface area (Å²) < 4.78 is 1.02. The Kier molecular flexibility index (Phi) is 5.33. The fourth-order valence-corrected chi connectivity index (χ4v) is 2.24. The molecule has 0 fully saturated rings. The molecule has 0 atom stereocenters. The van der Waals surface area contributed by atoms with Crippen LogP contribution in [0.4, 0.5) is 5.69 Å². The van der Waals surface area contributed by atoms with Gasteiger partial charge in [-0.25, -0.2) is 0 Å². The second-order valence-corrected chi connectivity index (χ2v) is 6.08. The molecule has 0 aliphatic rings. The molecule has 6 heteroatoms. The van der Waals surface area contributed by atoms with Crippen molar-refractivity contribution in [3.63, 3.8) is 0 Å². The van der Waals surface area contributed by atoms with Crippen molar-refractivity contribution in [3.05, 3.63) is 63.1 Å². The number of anilines is 1. The van der Waals surface area contributed by atoms with Gasteiger partial charge in [-0.2, -0.15) is 0 Å². The fraction of sp³-hybridized carbons (Fsp3) is 0.0667. The lowest BCUT2D eigenvalue weighted by atomic mass is 10.2. The third-order valence-electron chi connectivity index (χ3n) is 2.75. The number of rotatable bonds is 2. The van der Waals surface area contributed by atoms with Crippen LogP contribution in [0.2, 0.25) is 5.02 Å². The van der Waals surface area contributed by atoms with Crippen LogP contribution in [-0.2, 0) is 0 Å². The summed E-state index contributed by atoms with van der Waals surface area (Å²) in [5, 5.41) is 6.43. The molecule has 0 aliphatic heterocycles. The third kappa shape index (κ3) is 4.52. The second kappa shape index (κ2) is 7.02. The minimum atomic E-state index is -0.280. The summed E-state index contributed by atoms with van der Waals surface area (Å²) in [5.41, 5.74) is 2.39. The number of hydrogen-bond acceptors (Lipinski definition) is 2. The minimum absolute atomic E-state index is 0.247. The van der Waals surface area contributed by atoms with E-state index in [1.165, 1.54) is 0 Å². The number of halogens is 2. The molecule has 0 aromatic heterocycles. The van der Waals surface area contributed by atoms with Gasteiger partial charge < -0.3 is 5.32 Å². The summed E-state index contributed by atoms with van der Waals surface area (Å²) in [6.45, 7) is 1.98. The van der Waals surface area contributed by atoms with E-state index < -0.39 is 0 Å². The molecular weight excluding hydrogens is 372 g/mol. The molecule has 0 saturated heterocycles. The van der Waals surface area contributed by atoms with Gasteiger partial charge in [0.05, 0.1) is 0 Å². The lowest BCUT2D eigenvalue weighted by Gasteiger charge is -2.10. The summed E-state index contributed by atoms with van der Waals surface area (Å²) in [7, 11) is 0. The molecule has 0 unspecified atom stereocenters. The maximum atomic E-state index is 12.0. The molecule has 3 nitrogen and oxygen atoms in total. The number of amides is 1. The van der Waals surface area contributed by atoms with Crippen LogP contribution in [0, 0.1) is 6.92 Å². The van der Waals surface area contributed by atoms with Gasteiger partial charge in [-0.1, -0.05) is 27.5 Å². The van der Waals surface area contributed by atoms with E-state index in [-0.39, 0.29) is 11.0 Å². The van der Waals surface area contributed by atoms with Crippen LogP contribution < -0.4 is 10.6 Å². The molecule has 2 aromatic carbocycles. The summed E-state index contributed by atoms with van der Waals surface area (Å²) in [5.74, 6) is -0.280. The van der Waals surface area contributed by atoms with Gasteiger partial charge in [0.2, 0.25) is 0 Å². The van der Waals surface area contributed by atoms with E-state index in [4.69, 9.17) is 23.8 Å². The van der Waals surface area contributed by atoms with Crippen LogP contribution in [-0.4, -0.2) is 11.0 Å². The molecule has 0 bridgehead atoms. The van der Waals surface area contributed by atoms with Crippen molar-refractivity contribution >= 4 is 56.5 Å². The Balaban J connectivity index is 1.99. The van der Waals surface area contributed by atoms with Crippen LogP contribution in [0.1, 0.15) is 15.9 Å². The van der Waals surface area contributed by atoms with Gasteiger partial charge in [-0.05, 0) is 67.2 Å². The second-order valence-electron chi connectivity index (χ2n) is 4.38. The maximum absolute atomic E-state index is 12.0. The van der Waals surface area contributed by atoms with Crippen LogP contribution in [0.25, 0.3) is 0 Å². The van der Waals surface area contributed by atoms with Crippen molar-refractivity contribution in [1.82, 2.24) is 5.32 Å². The van der Waals surface area contributed by atoms with Crippen molar-refractivity contribution in [2.24, 2.45) is 0 Å². The van der Waals surface area contributed by atoms with E-state index in [2.05, 4.69) is 26.6 Å². The van der Waals surface area contributed by atoms with E-state index in [9.17, 15) is 4.79 Å². The van der Waals surface area contributed by atoms with Gasteiger partial charge in [0.15, 0.2) is 5.11 Å². The van der Waals surface area contributed by atoms with Crippen LogP contribution >= 0.6 is 39.7 Å². The van der Waals surface area contributed by atoms with E-state index >= 15 is 0 Å². The maximum Gasteiger partial charge on any atom is 0.257 e. The quantitative estimate of drug-likeness (QED) is 0.748. The smallest absolute Gasteiger partial charge is 0.257 e. The molecule has 2 N–H and O–H groups in total. The molecule has 0 aliphatic carbocycles. The van der Waals surface area contributed by atoms with E-state index in [1.807, 2.05) is 25.1 Å². The number of hydrogen-bond donors (Lipinski definition) is 2. The SMILES string of the molecule is Cc1cc(NC(=S)NC(=O)c2ccc(Cl)cc2)ccc1Br. The first-order valence-corrected chi connectivity index (χ1v) is 7.67. The van der Waals surface area contributed by atoms with Crippen molar-refractivity contribution in [2.75, 3.05) is 5.32 Å². The number of thiocarbonyl (C=S) groups is 1. The van der Waals surface area contributed by atoms with Gasteiger partial charge in [-0.3, -0.25) is 10.1 Å². The highest BCUT2D eigenvalue weighted by Gasteiger charge is 2.08. The Labute approximate surface area is 141 Å². The molecule has 0 spiro atoms. The number of carbonyl (C=O) groups excluding carboxylic acids is 1. The molecule has 0 saturated carbocycles. The lowest BCUT2D eigenvalue weighted by Crippen LogP contribution is -2.34. The van der Waals surface area contributed by atoms with E-state index in [1.54, 1.807) is 24.3 Å². The minimum Gasteiger partial charge on any atom is -0.332 e. The normalized spacial score (nSPS) is 10.0. The molecule has 108 valence electrons. The predicted molar refractivity (Wildman–Crippen MR) is 94.0 cm³/mol. The molecule has 2 rings (SSSR count). The third-order valence-corrected chi connectivity index (χ3v) is 4.10. The molecule has 1 amide bonds. The summed E-state index contributed by atoms with van der Waals surface area (Å²) >= 11 is 14.3. The van der Waals surface area contributed by atoms with Gasteiger partial charge in [-0.15, -0.1) is 0 Å². The number of carbonyl (C=O) groups is 1. The summed E-state index contributed by atoms with van der Waals surface area (Å²) in [6, 6.07) is 12.3. The molecular formula is C15H12BrClN2OS. The van der Waals surface area contributed by atoms with Crippen molar-refractivity contribution < 1.29 is 4.79 Å². The topological polar surface area (TPSA) is 41.1 Å². The largest absolute Gasteiger partial charge is 0.332 e. The van der Waals surface area contributed by atoms with Crippen molar-refractivity contribution in [2.45, 2.75) is 6.92 Å². The zero-order valence-corrected chi connectivity index (χ0v) is 14.3. The zero-order valence-electron chi connectivity index (χ0n) is 11.1. The number of aryl methyl sites for hydroxylation is 1. The Morgan fingerprint density at radius 1 is 1.19 bits per heavy atom. The van der Waals surface area contributed by atoms with E-state index in [0.717, 1.165) is 15.7 Å². The lowest BCUT2D eigenvalue weighted by molar-refractivity contribution is 0.0978. The van der Waals surface area contributed by atoms with Crippen molar-refractivity contribution in [1.29, 1.82) is 0 Å². The van der Waals surface area contributed by atoms with Crippen LogP contribution in [0.15, 0.2) is 46.9 Å². The highest BCUT2D eigenvalue weighted by molar-refractivity contribution is 9.10. The van der Waals surface area contributed by atoms with E-state index in [0.29, 0.717) is 10.6 Å². The molecule has 0 heterocycles. The zero-order chi connectivity index (χ0) is 15.4. The van der Waals surface area contributed by atoms with Crippen molar-refractivity contribution in [3.8, 4) is 0 Å². The van der Waals surface area contributed by atoms with Gasteiger partial charge in [0.1, 0.15) is 0 Å². The van der Waals surface area contributed by atoms with Crippen LogP contribution in [0.5, 0.6) is 0 Å². The molecule has 21 heavy (non-hydrogen) atoms. The fourth-order valence-electron chi connectivity index (χ4n) is 1.66.